The van der Waals surface area contributed by atoms with E-state index in [0.717, 1.165) is 11.4 Å². The van der Waals surface area contributed by atoms with Crippen molar-refractivity contribution in [3.05, 3.63) is 29.6 Å². The topological polar surface area (TPSA) is 88.3 Å². The number of nitrogens with zero attached hydrogens (tertiary/aromatic N) is 2. The molecule has 1 aromatic rings. The second-order valence-electron chi connectivity index (χ2n) is 4.08. The molecule has 6 nitrogen and oxygen atoms in total. The lowest BCUT2D eigenvalue weighted by molar-refractivity contribution is -0.145. The molecule has 1 rings (SSSR count). The van der Waals surface area contributed by atoms with Crippen molar-refractivity contribution in [2.24, 2.45) is 5.73 Å². The van der Waals surface area contributed by atoms with Gasteiger partial charge in [0.2, 0.25) is 0 Å². The molecule has 0 aliphatic heterocycles. The van der Waals surface area contributed by atoms with Gasteiger partial charge in [-0.25, -0.2) is 0 Å². The summed E-state index contributed by atoms with van der Waals surface area (Å²) in [6.45, 7) is 2.14. The maximum absolute atomic E-state index is 11.7. The lowest BCUT2D eigenvalue weighted by Gasteiger charge is -2.16. The van der Waals surface area contributed by atoms with Crippen molar-refractivity contribution in [2.45, 2.75) is 13.5 Å². The minimum atomic E-state index is -0.733. The van der Waals surface area contributed by atoms with Gasteiger partial charge in [0.15, 0.2) is 0 Å². The Hall–Kier alpha value is -2.02. The van der Waals surface area contributed by atoms with Gasteiger partial charge in [0.1, 0.15) is 0 Å². The van der Waals surface area contributed by atoms with Crippen LogP contribution in [0.2, 0.25) is 0 Å². The summed E-state index contributed by atoms with van der Waals surface area (Å²) in [5, 5.41) is 2.34. The molecule has 0 aliphatic carbocycles. The lowest BCUT2D eigenvalue weighted by Crippen LogP contribution is -2.43. The molecule has 1 aromatic heterocycles. The molecule has 0 fully saturated rings. The molecule has 2 amide bonds. The first-order valence-electron chi connectivity index (χ1n) is 5.64. The monoisotopic (exact) mass is 280 g/mol. The summed E-state index contributed by atoms with van der Waals surface area (Å²) in [6.07, 6.45) is 0. The SMILES string of the molecule is Cc1cccc(CN(C)C(=O)C(=O)NCC(N)=S)n1. The number of thiocarbonyl (C=S) groups is 1. The van der Waals surface area contributed by atoms with Gasteiger partial charge in [-0.05, 0) is 19.1 Å². The van der Waals surface area contributed by atoms with Crippen molar-refractivity contribution in [3.63, 3.8) is 0 Å². The Bertz CT molecular complexity index is 504. The van der Waals surface area contributed by atoms with Gasteiger partial charge in [0.05, 0.1) is 23.8 Å². The number of aromatic nitrogens is 1. The highest BCUT2D eigenvalue weighted by atomic mass is 32.1. The van der Waals surface area contributed by atoms with E-state index in [1.54, 1.807) is 6.07 Å². The fourth-order valence-corrected chi connectivity index (χ4v) is 1.49. The smallest absolute Gasteiger partial charge is 0.311 e. The molecule has 7 heteroatoms. The molecule has 0 unspecified atom stereocenters. The van der Waals surface area contributed by atoms with E-state index in [9.17, 15) is 9.59 Å². The molecule has 0 aliphatic rings. The highest BCUT2D eigenvalue weighted by Crippen LogP contribution is 2.02. The Labute approximate surface area is 117 Å². The highest BCUT2D eigenvalue weighted by molar-refractivity contribution is 7.80. The van der Waals surface area contributed by atoms with Gasteiger partial charge >= 0.3 is 11.8 Å². The van der Waals surface area contributed by atoms with Crippen LogP contribution in [0, 0.1) is 6.92 Å². The van der Waals surface area contributed by atoms with E-state index >= 15 is 0 Å². The first-order chi connectivity index (χ1) is 8.90. The number of hydrogen-bond donors (Lipinski definition) is 2. The highest BCUT2D eigenvalue weighted by Gasteiger charge is 2.18. The summed E-state index contributed by atoms with van der Waals surface area (Å²) >= 11 is 4.61. The molecule has 0 bridgehead atoms. The maximum Gasteiger partial charge on any atom is 0.311 e. The molecular weight excluding hydrogens is 264 g/mol. The van der Waals surface area contributed by atoms with Crippen LogP contribution in [0.25, 0.3) is 0 Å². The van der Waals surface area contributed by atoms with E-state index in [-0.39, 0.29) is 18.1 Å². The molecule has 3 N–H and O–H groups in total. The Kier molecular flexibility index (Phi) is 5.37. The fraction of sp³-hybridized carbons (Fsp3) is 0.333. The van der Waals surface area contributed by atoms with Crippen molar-refractivity contribution >= 4 is 29.0 Å². The van der Waals surface area contributed by atoms with E-state index in [1.165, 1.54) is 11.9 Å². The number of carbonyl (C=O) groups is 2. The lowest BCUT2D eigenvalue weighted by atomic mass is 10.3. The second kappa shape index (κ2) is 6.79. The van der Waals surface area contributed by atoms with Crippen LogP contribution >= 0.6 is 12.2 Å². The van der Waals surface area contributed by atoms with Gasteiger partial charge in [0, 0.05) is 12.7 Å². The molecule has 0 saturated carbocycles. The van der Waals surface area contributed by atoms with Gasteiger partial charge in [-0.15, -0.1) is 0 Å². The van der Waals surface area contributed by atoms with Crippen LogP contribution < -0.4 is 11.1 Å². The van der Waals surface area contributed by atoms with Crippen LogP contribution in [0.5, 0.6) is 0 Å². The van der Waals surface area contributed by atoms with E-state index in [2.05, 4.69) is 22.5 Å². The summed E-state index contributed by atoms with van der Waals surface area (Å²) < 4.78 is 0. The van der Waals surface area contributed by atoms with Crippen LogP contribution in [0.4, 0.5) is 0 Å². The first-order valence-corrected chi connectivity index (χ1v) is 6.05. The number of pyridine rings is 1. The summed E-state index contributed by atoms with van der Waals surface area (Å²) in [6, 6.07) is 5.51. The average Bonchev–Trinajstić information content (AvgIpc) is 2.34. The number of rotatable bonds is 4. The maximum atomic E-state index is 11.7. The Balaban J connectivity index is 2.57. The molecule has 0 atom stereocenters. The van der Waals surface area contributed by atoms with Gasteiger partial charge in [-0.2, -0.15) is 0 Å². The van der Waals surface area contributed by atoms with Gasteiger partial charge in [-0.1, -0.05) is 18.3 Å². The van der Waals surface area contributed by atoms with E-state index in [0.29, 0.717) is 0 Å². The number of aryl methyl sites for hydroxylation is 1. The van der Waals surface area contributed by atoms with Crippen LogP contribution in [0.1, 0.15) is 11.4 Å². The zero-order chi connectivity index (χ0) is 14.4. The largest absolute Gasteiger partial charge is 0.392 e. The predicted molar refractivity (Wildman–Crippen MR) is 75.2 cm³/mol. The van der Waals surface area contributed by atoms with Crippen LogP contribution in [0.3, 0.4) is 0 Å². The standard InChI is InChI=1S/C12H16N4O2S/c1-8-4-3-5-9(15-8)7-16(2)12(18)11(17)14-6-10(13)19/h3-5H,6-7H2,1-2H3,(H2,13,19)(H,14,17). The zero-order valence-corrected chi connectivity index (χ0v) is 11.7. The van der Waals surface area contributed by atoms with E-state index in [4.69, 9.17) is 5.73 Å². The normalized spacial score (nSPS) is 9.79. The van der Waals surface area contributed by atoms with E-state index < -0.39 is 11.8 Å². The number of nitrogens with two attached hydrogens (primary N) is 1. The number of carbonyl (C=O) groups excluding carboxylic acids is 2. The summed E-state index contributed by atoms with van der Waals surface area (Å²) in [5.41, 5.74) is 6.82. The molecule has 0 spiro atoms. The molecular formula is C12H16N4O2S. The van der Waals surface area contributed by atoms with Crippen LogP contribution in [-0.2, 0) is 16.1 Å². The number of nitrogens with one attached hydrogen (secondary N) is 1. The van der Waals surface area contributed by atoms with Gasteiger partial charge in [-0.3, -0.25) is 14.6 Å². The van der Waals surface area contributed by atoms with E-state index in [1.807, 2.05) is 19.1 Å². The second-order valence-corrected chi connectivity index (χ2v) is 4.60. The van der Waals surface area contributed by atoms with Gasteiger partial charge < -0.3 is 16.0 Å². The molecule has 19 heavy (non-hydrogen) atoms. The van der Waals surface area contributed by atoms with Crippen molar-refractivity contribution in [2.75, 3.05) is 13.6 Å². The summed E-state index contributed by atoms with van der Waals surface area (Å²) in [5.74, 6) is -1.39. The van der Waals surface area contributed by atoms with Crippen molar-refractivity contribution in [1.29, 1.82) is 0 Å². The molecule has 0 radical (unpaired) electrons. The molecule has 0 aromatic carbocycles. The Morgan fingerprint density at radius 1 is 1.47 bits per heavy atom. The minimum absolute atomic E-state index is 0.0104. The predicted octanol–water partition coefficient (Wildman–Crippen LogP) is -0.249. The number of amides is 2. The third-order valence-electron chi connectivity index (χ3n) is 2.31. The third-order valence-corrected chi connectivity index (χ3v) is 2.45. The zero-order valence-electron chi connectivity index (χ0n) is 10.8. The number of hydrogen-bond acceptors (Lipinski definition) is 4. The van der Waals surface area contributed by atoms with Crippen molar-refractivity contribution in [3.8, 4) is 0 Å². The van der Waals surface area contributed by atoms with Crippen molar-refractivity contribution < 1.29 is 9.59 Å². The first kappa shape index (κ1) is 15.0. The molecule has 102 valence electrons. The van der Waals surface area contributed by atoms with Gasteiger partial charge in [0.25, 0.3) is 0 Å². The summed E-state index contributed by atoms with van der Waals surface area (Å²) in [4.78, 5) is 28.9. The fourth-order valence-electron chi connectivity index (χ4n) is 1.42. The molecule has 0 saturated heterocycles. The third kappa shape index (κ3) is 5.01. The average molecular weight is 280 g/mol. The minimum Gasteiger partial charge on any atom is -0.392 e. The Morgan fingerprint density at radius 2 is 2.16 bits per heavy atom. The molecule has 1 heterocycles. The van der Waals surface area contributed by atoms with Crippen LogP contribution in [0.15, 0.2) is 18.2 Å². The quantitative estimate of drug-likeness (QED) is 0.586. The number of likely N-dealkylation sites (N-methyl/N-ethyl adjacent to an activating group) is 1. The van der Waals surface area contributed by atoms with Crippen LogP contribution in [-0.4, -0.2) is 40.3 Å². The Morgan fingerprint density at radius 3 is 2.74 bits per heavy atom. The van der Waals surface area contributed by atoms with Crippen molar-refractivity contribution in [1.82, 2.24) is 15.2 Å². The summed E-state index contributed by atoms with van der Waals surface area (Å²) in [7, 11) is 1.53.